The quantitative estimate of drug-likeness (QED) is 0.546. The summed E-state index contributed by atoms with van der Waals surface area (Å²) in [5.41, 5.74) is 12.2. The summed E-state index contributed by atoms with van der Waals surface area (Å²) in [6.07, 6.45) is 9.34. The van der Waals surface area contributed by atoms with Gasteiger partial charge in [-0.3, -0.25) is 4.98 Å². The average Bonchev–Trinajstić information content (AvgIpc) is 3.29. The largest absolute Gasteiger partial charge is 0.356 e. The lowest BCUT2D eigenvalue weighted by Crippen LogP contribution is -2.47. The molecule has 152 valence electrons. The van der Waals surface area contributed by atoms with E-state index in [4.69, 9.17) is 5.73 Å². The molecule has 0 aliphatic carbocycles. The number of nitrogens with zero attached hydrogens (tertiary/aromatic N) is 4. The number of nitrogens with two attached hydrogens (primary N) is 1. The van der Waals surface area contributed by atoms with Crippen molar-refractivity contribution in [3.63, 3.8) is 0 Å². The van der Waals surface area contributed by atoms with Crippen molar-refractivity contribution in [1.29, 1.82) is 0 Å². The highest BCUT2D eigenvalue weighted by Gasteiger charge is 2.36. The van der Waals surface area contributed by atoms with Crippen molar-refractivity contribution in [3.8, 4) is 11.1 Å². The molecule has 3 N–H and O–H groups in total. The minimum Gasteiger partial charge on any atom is -0.356 e. The van der Waals surface area contributed by atoms with Gasteiger partial charge in [-0.2, -0.15) is 0 Å². The number of pyridine rings is 1. The second-order valence-electron chi connectivity index (χ2n) is 8.18. The summed E-state index contributed by atoms with van der Waals surface area (Å²) in [5.74, 6) is 1.01. The Bertz CT molecular complexity index is 1170. The van der Waals surface area contributed by atoms with Gasteiger partial charge in [0.05, 0.1) is 5.39 Å². The molecule has 5 rings (SSSR count). The molecule has 6 heteroatoms. The van der Waals surface area contributed by atoms with Gasteiger partial charge in [-0.1, -0.05) is 24.3 Å². The van der Waals surface area contributed by atoms with Gasteiger partial charge in [0.25, 0.3) is 0 Å². The number of benzene rings is 1. The molecule has 0 amide bonds. The van der Waals surface area contributed by atoms with Crippen LogP contribution >= 0.6 is 0 Å². The molecule has 6 nitrogen and oxygen atoms in total. The van der Waals surface area contributed by atoms with Crippen molar-refractivity contribution < 1.29 is 0 Å². The highest BCUT2D eigenvalue weighted by atomic mass is 15.2. The number of hydrogen-bond donors (Lipinski definition) is 2. The van der Waals surface area contributed by atoms with Crippen molar-refractivity contribution in [1.82, 2.24) is 19.9 Å². The molecular weight excluding hydrogens is 372 g/mol. The van der Waals surface area contributed by atoms with Crippen LogP contribution < -0.4 is 10.6 Å². The number of hydrogen-bond acceptors (Lipinski definition) is 5. The monoisotopic (exact) mass is 398 g/mol. The number of rotatable bonds is 4. The van der Waals surface area contributed by atoms with Gasteiger partial charge in [-0.05, 0) is 48.6 Å². The molecule has 4 aromatic rings. The van der Waals surface area contributed by atoms with Crippen molar-refractivity contribution in [2.24, 2.45) is 5.73 Å². The third-order valence-corrected chi connectivity index (χ3v) is 6.57. The Labute approximate surface area is 176 Å². The van der Waals surface area contributed by atoms with E-state index in [9.17, 15) is 0 Å². The summed E-state index contributed by atoms with van der Waals surface area (Å²) in [6.45, 7) is 4.61. The number of aromatic nitrogens is 4. The smallest absolute Gasteiger partial charge is 0.142 e. The SMILES string of the molecule is Cc1ccncc1-c1cccc(C2(CN)CCN(c3ncnc4[nH]ccc34)CC2)c1. The van der Waals surface area contributed by atoms with E-state index in [-0.39, 0.29) is 5.41 Å². The zero-order valence-electron chi connectivity index (χ0n) is 17.2. The maximum absolute atomic E-state index is 6.39. The molecule has 0 atom stereocenters. The van der Waals surface area contributed by atoms with Gasteiger partial charge in [0, 0.05) is 49.2 Å². The van der Waals surface area contributed by atoms with Gasteiger partial charge in [0.2, 0.25) is 0 Å². The van der Waals surface area contributed by atoms with Crippen LogP contribution in [0.3, 0.4) is 0 Å². The number of aryl methyl sites for hydroxylation is 1. The molecule has 0 radical (unpaired) electrons. The Morgan fingerprint density at radius 1 is 1.13 bits per heavy atom. The highest BCUT2D eigenvalue weighted by molar-refractivity contribution is 5.87. The first-order valence-electron chi connectivity index (χ1n) is 10.4. The zero-order chi connectivity index (χ0) is 20.6. The van der Waals surface area contributed by atoms with E-state index in [1.54, 1.807) is 6.33 Å². The lowest BCUT2D eigenvalue weighted by Gasteiger charge is -2.42. The summed E-state index contributed by atoms with van der Waals surface area (Å²) in [6, 6.07) is 13.0. The molecular formula is C24H26N6. The maximum Gasteiger partial charge on any atom is 0.142 e. The van der Waals surface area contributed by atoms with Crippen LogP contribution in [-0.4, -0.2) is 39.6 Å². The standard InChI is InChI=1S/C24H26N6/c1-17-5-9-26-14-21(17)18-3-2-4-19(13-18)24(15-25)7-11-30(12-8-24)23-20-6-10-27-22(20)28-16-29-23/h2-6,9-10,13-14,16H,7-8,11-12,15,25H2,1H3,(H,27,28,29). The Balaban J connectivity index is 1.43. The third-order valence-electron chi connectivity index (χ3n) is 6.57. The van der Waals surface area contributed by atoms with Crippen molar-refractivity contribution in [2.75, 3.05) is 24.5 Å². The summed E-state index contributed by atoms with van der Waals surface area (Å²) in [7, 11) is 0. The maximum atomic E-state index is 6.39. The lowest BCUT2D eigenvalue weighted by molar-refractivity contribution is 0.339. The molecule has 1 saturated heterocycles. The third kappa shape index (κ3) is 3.13. The van der Waals surface area contributed by atoms with E-state index in [1.165, 1.54) is 22.3 Å². The number of nitrogens with one attached hydrogen (secondary N) is 1. The Kier molecular flexibility index (Phi) is 4.71. The minimum atomic E-state index is -0.0209. The molecule has 0 spiro atoms. The first kappa shape index (κ1) is 18.8. The second kappa shape index (κ2) is 7.54. The van der Waals surface area contributed by atoms with E-state index < -0.39 is 0 Å². The van der Waals surface area contributed by atoms with Gasteiger partial charge in [-0.25, -0.2) is 9.97 Å². The number of fused-ring (bicyclic) bond motifs is 1. The van der Waals surface area contributed by atoms with Gasteiger partial charge < -0.3 is 15.6 Å². The first-order chi connectivity index (χ1) is 14.7. The predicted molar refractivity (Wildman–Crippen MR) is 120 cm³/mol. The fraction of sp³-hybridized carbons (Fsp3) is 0.292. The van der Waals surface area contributed by atoms with Crippen molar-refractivity contribution >= 4 is 16.9 Å². The van der Waals surface area contributed by atoms with Crippen LogP contribution in [0.1, 0.15) is 24.0 Å². The molecule has 1 aromatic carbocycles. The highest BCUT2D eigenvalue weighted by Crippen LogP contribution is 2.38. The average molecular weight is 399 g/mol. The summed E-state index contributed by atoms with van der Waals surface area (Å²) >= 11 is 0. The minimum absolute atomic E-state index is 0.0209. The van der Waals surface area contributed by atoms with Crippen LogP contribution in [0.15, 0.2) is 61.3 Å². The number of anilines is 1. The van der Waals surface area contributed by atoms with Crippen LogP contribution in [0.25, 0.3) is 22.2 Å². The molecule has 3 aromatic heterocycles. The zero-order valence-corrected chi connectivity index (χ0v) is 17.2. The Hall–Kier alpha value is -3.25. The van der Waals surface area contributed by atoms with E-state index in [0.29, 0.717) is 6.54 Å². The van der Waals surface area contributed by atoms with Crippen molar-refractivity contribution in [2.45, 2.75) is 25.2 Å². The van der Waals surface area contributed by atoms with E-state index in [1.807, 2.05) is 18.6 Å². The van der Waals surface area contributed by atoms with Crippen LogP contribution in [0.5, 0.6) is 0 Å². The Morgan fingerprint density at radius 3 is 2.80 bits per heavy atom. The van der Waals surface area contributed by atoms with Gasteiger partial charge in [0.15, 0.2) is 0 Å². The topological polar surface area (TPSA) is 83.7 Å². The summed E-state index contributed by atoms with van der Waals surface area (Å²) in [4.78, 5) is 18.7. The predicted octanol–water partition coefficient (Wildman–Crippen LogP) is 3.83. The van der Waals surface area contributed by atoms with Gasteiger partial charge >= 0.3 is 0 Å². The van der Waals surface area contributed by atoms with Gasteiger partial charge in [-0.15, -0.1) is 0 Å². The van der Waals surface area contributed by atoms with Crippen molar-refractivity contribution in [3.05, 3.63) is 72.4 Å². The fourth-order valence-electron chi connectivity index (χ4n) is 4.65. The number of aromatic amines is 1. The molecule has 1 aliphatic rings. The van der Waals surface area contributed by atoms with Crippen LogP contribution in [0.4, 0.5) is 5.82 Å². The molecule has 0 saturated carbocycles. The molecule has 30 heavy (non-hydrogen) atoms. The number of piperidine rings is 1. The second-order valence-corrected chi connectivity index (χ2v) is 8.18. The van der Waals surface area contributed by atoms with E-state index in [0.717, 1.165) is 42.8 Å². The molecule has 1 fully saturated rings. The molecule has 0 bridgehead atoms. The normalized spacial score (nSPS) is 16.1. The number of H-pyrrole nitrogens is 1. The lowest BCUT2D eigenvalue weighted by atomic mass is 9.72. The van der Waals surface area contributed by atoms with Crippen LogP contribution in [0.2, 0.25) is 0 Å². The first-order valence-corrected chi connectivity index (χ1v) is 10.4. The fourth-order valence-corrected chi connectivity index (χ4v) is 4.65. The van der Waals surface area contributed by atoms with E-state index >= 15 is 0 Å². The summed E-state index contributed by atoms with van der Waals surface area (Å²) in [5, 5.41) is 1.08. The molecule has 4 heterocycles. The molecule has 1 aliphatic heterocycles. The summed E-state index contributed by atoms with van der Waals surface area (Å²) < 4.78 is 0. The van der Waals surface area contributed by atoms with Crippen LogP contribution in [-0.2, 0) is 5.41 Å². The Morgan fingerprint density at radius 2 is 2.00 bits per heavy atom. The van der Waals surface area contributed by atoms with E-state index in [2.05, 4.69) is 68.2 Å². The van der Waals surface area contributed by atoms with Crippen LogP contribution in [0, 0.1) is 6.92 Å². The van der Waals surface area contributed by atoms with Gasteiger partial charge in [0.1, 0.15) is 17.8 Å². The molecule has 0 unspecified atom stereocenters.